The highest BCUT2D eigenvalue weighted by Gasteiger charge is 2.34. The van der Waals surface area contributed by atoms with Gasteiger partial charge in [-0.15, -0.1) is 0 Å². The van der Waals surface area contributed by atoms with Crippen LogP contribution < -0.4 is 5.32 Å². The second kappa shape index (κ2) is 6.87. The van der Waals surface area contributed by atoms with E-state index in [4.69, 9.17) is 10.00 Å². The Balaban J connectivity index is 2.69. The summed E-state index contributed by atoms with van der Waals surface area (Å²) in [7, 11) is 0. The lowest BCUT2D eigenvalue weighted by Gasteiger charge is -2.38. The Morgan fingerprint density at radius 1 is 1.59 bits per heavy atom. The zero-order chi connectivity index (χ0) is 12.7. The molecule has 1 unspecified atom stereocenters. The van der Waals surface area contributed by atoms with Crippen LogP contribution in [0.3, 0.4) is 0 Å². The van der Waals surface area contributed by atoms with Gasteiger partial charge in [0.25, 0.3) is 0 Å². The number of rotatable bonds is 3. The Labute approximate surface area is 108 Å². The molecule has 1 aliphatic heterocycles. The summed E-state index contributed by atoms with van der Waals surface area (Å²) >= 11 is 1.48. The Kier molecular flexibility index (Phi) is 5.79. The smallest absolute Gasteiger partial charge is 0.183 e. The molecule has 0 spiro atoms. The molecule has 0 aromatic rings. The third-order valence-corrected chi connectivity index (χ3v) is 4.01. The SMILES string of the molecule is CCC1(CC)CC(N=C(NC#N)SC)CCO1. The molecule has 0 aliphatic carbocycles. The fourth-order valence-corrected chi connectivity index (χ4v) is 2.61. The first kappa shape index (κ1) is 14.3. The maximum atomic E-state index is 8.61. The van der Waals surface area contributed by atoms with Crippen molar-refractivity contribution in [2.75, 3.05) is 12.9 Å². The van der Waals surface area contributed by atoms with Crippen molar-refractivity contribution in [1.82, 2.24) is 5.32 Å². The van der Waals surface area contributed by atoms with Crippen molar-refractivity contribution in [3.8, 4) is 6.19 Å². The summed E-state index contributed by atoms with van der Waals surface area (Å²) in [6.07, 6.45) is 7.80. The fraction of sp³-hybridized carbons (Fsp3) is 0.833. The van der Waals surface area contributed by atoms with Crippen molar-refractivity contribution < 1.29 is 4.74 Å². The first-order valence-electron chi connectivity index (χ1n) is 6.10. The predicted octanol–water partition coefficient (Wildman–Crippen LogP) is 2.51. The molecule has 5 heteroatoms. The van der Waals surface area contributed by atoms with E-state index < -0.39 is 0 Å². The molecule has 0 aromatic heterocycles. The van der Waals surface area contributed by atoms with E-state index in [1.54, 1.807) is 0 Å². The van der Waals surface area contributed by atoms with Gasteiger partial charge in [-0.2, -0.15) is 5.26 Å². The van der Waals surface area contributed by atoms with Gasteiger partial charge in [0, 0.05) is 6.61 Å². The molecule has 1 heterocycles. The lowest BCUT2D eigenvalue weighted by atomic mass is 9.86. The normalized spacial score (nSPS) is 24.1. The van der Waals surface area contributed by atoms with Crippen LogP contribution in [0.15, 0.2) is 4.99 Å². The largest absolute Gasteiger partial charge is 0.375 e. The van der Waals surface area contributed by atoms with Gasteiger partial charge in [-0.25, -0.2) is 0 Å². The molecule has 0 radical (unpaired) electrons. The number of amidine groups is 1. The van der Waals surface area contributed by atoms with Gasteiger partial charge >= 0.3 is 0 Å². The van der Waals surface area contributed by atoms with Crippen molar-refractivity contribution in [3.05, 3.63) is 0 Å². The molecule has 1 rings (SSSR count). The maximum absolute atomic E-state index is 8.61. The number of thioether (sulfide) groups is 1. The Morgan fingerprint density at radius 2 is 2.29 bits per heavy atom. The second-order valence-corrected chi connectivity index (χ2v) is 5.06. The van der Waals surface area contributed by atoms with Crippen LogP contribution in [0.4, 0.5) is 0 Å². The van der Waals surface area contributed by atoms with E-state index in [2.05, 4.69) is 24.2 Å². The molecule has 0 saturated carbocycles. The summed E-state index contributed by atoms with van der Waals surface area (Å²) < 4.78 is 5.91. The van der Waals surface area contributed by atoms with Crippen LogP contribution >= 0.6 is 11.8 Å². The number of ether oxygens (including phenoxy) is 1. The molecular formula is C12H21N3OS. The highest BCUT2D eigenvalue weighted by molar-refractivity contribution is 8.13. The van der Waals surface area contributed by atoms with E-state index in [0.29, 0.717) is 5.17 Å². The topological polar surface area (TPSA) is 57.4 Å². The molecule has 1 atom stereocenters. The number of nitrogens with one attached hydrogen (secondary N) is 1. The average molecular weight is 255 g/mol. The summed E-state index contributed by atoms with van der Waals surface area (Å²) in [4.78, 5) is 4.60. The number of nitrogens with zero attached hydrogens (tertiary/aromatic N) is 2. The second-order valence-electron chi connectivity index (χ2n) is 4.26. The zero-order valence-electron chi connectivity index (χ0n) is 10.8. The van der Waals surface area contributed by atoms with Crippen LogP contribution in [-0.4, -0.2) is 29.7 Å². The first-order valence-corrected chi connectivity index (χ1v) is 7.33. The van der Waals surface area contributed by atoms with Gasteiger partial charge in [0.2, 0.25) is 0 Å². The average Bonchev–Trinajstić information content (AvgIpc) is 2.38. The Morgan fingerprint density at radius 3 is 2.82 bits per heavy atom. The summed E-state index contributed by atoms with van der Waals surface area (Å²) in [6, 6.07) is 0.270. The van der Waals surface area contributed by atoms with Crippen molar-refractivity contribution in [3.63, 3.8) is 0 Å². The van der Waals surface area contributed by atoms with Crippen LogP contribution in [0, 0.1) is 11.5 Å². The summed E-state index contributed by atoms with van der Waals surface area (Å²) in [6.45, 7) is 5.10. The lowest BCUT2D eigenvalue weighted by molar-refractivity contribution is -0.0884. The molecule has 0 bridgehead atoms. The minimum absolute atomic E-state index is 0.0113. The number of nitriles is 1. The molecule has 1 saturated heterocycles. The standard InChI is InChI=1S/C12H21N3OS/c1-4-12(5-2)8-10(6-7-16-12)15-11(17-3)14-9-13/h10H,4-8H2,1-3H3,(H,14,15). The van der Waals surface area contributed by atoms with E-state index in [9.17, 15) is 0 Å². The molecule has 1 aliphatic rings. The molecule has 17 heavy (non-hydrogen) atoms. The van der Waals surface area contributed by atoms with Crippen molar-refractivity contribution >= 4 is 16.9 Å². The highest BCUT2D eigenvalue weighted by Crippen LogP contribution is 2.32. The maximum Gasteiger partial charge on any atom is 0.183 e. The van der Waals surface area contributed by atoms with Crippen LogP contribution in [0.5, 0.6) is 0 Å². The van der Waals surface area contributed by atoms with Gasteiger partial charge in [0.05, 0.1) is 11.6 Å². The van der Waals surface area contributed by atoms with E-state index in [1.165, 1.54) is 11.8 Å². The summed E-state index contributed by atoms with van der Waals surface area (Å²) in [5.74, 6) is 0. The lowest BCUT2D eigenvalue weighted by Crippen LogP contribution is -2.40. The first-order chi connectivity index (χ1) is 8.19. The van der Waals surface area contributed by atoms with Crippen LogP contribution in [0.2, 0.25) is 0 Å². The van der Waals surface area contributed by atoms with Gasteiger partial charge in [0.1, 0.15) is 0 Å². The molecular weight excluding hydrogens is 234 g/mol. The molecule has 0 aromatic carbocycles. The quantitative estimate of drug-likeness (QED) is 0.364. The van der Waals surface area contributed by atoms with Crippen molar-refractivity contribution in [1.29, 1.82) is 5.26 Å². The van der Waals surface area contributed by atoms with E-state index in [0.717, 1.165) is 32.3 Å². The minimum Gasteiger partial charge on any atom is -0.375 e. The van der Waals surface area contributed by atoms with Gasteiger partial charge in [-0.3, -0.25) is 10.3 Å². The molecule has 1 N–H and O–H groups in total. The highest BCUT2D eigenvalue weighted by atomic mass is 32.2. The van der Waals surface area contributed by atoms with Gasteiger partial charge in [0.15, 0.2) is 11.4 Å². The van der Waals surface area contributed by atoms with Gasteiger partial charge in [-0.1, -0.05) is 25.6 Å². The van der Waals surface area contributed by atoms with Crippen molar-refractivity contribution in [2.24, 2.45) is 4.99 Å². The minimum atomic E-state index is -0.0113. The fourth-order valence-electron chi connectivity index (χ4n) is 2.20. The van der Waals surface area contributed by atoms with E-state index in [1.807, 2.05) is 12.4 Å². The number of hydrogen-bond acceptors (Lipinski definition) is 4. The monoisotopic (exact) mass is 255 g/mol. The third-order valence-electron chi connectivity index (χ3n) is 3.41. The summed E-state index contributed by atoms with van der Waals surface area (Å²) in [5, 5.41) is 11.9. The van der Waals surface area contributed by atoms with Gasteiger partial charge < -0.3 is 4.74 Å². The van der Waals surface area contributed by atoms with Crippen LogP contribution in [0.1, 0.15) is 39.5 Å². The zero-order valence-corrected chi connectivity index (χ0v) is 11.6. The number of hydrogen-bond donors (Lipinski definition) is 1. The third kappa shape index (κ3) is 3.90. The molecule has 96 valence electrons. The predicted molar refractivity (Wildman–Crippen MR) is 72.0 cm³/mol. The summed E-state index contributed by atoms with van der Waals surface area (Å²) in [5.41, 5.74) is -0.0113. The van der Waals surface area contributed by atoms with Crippen LogP contribution in [0.25, 0.3) is 0 Å². The van der Waals surface area contributed by atoms with E-state index in [-0.39, 0.29) is 11.6 Å². The molecule has 1 fully saturated rings. The number of aliphatic imine (C=N–C) groups is 1. The Hall–Kier alpha value is -0.730. The molecule has 0 amide bonds. The Bertz CT molecular complexity index is 307. The van der Waals surface area contributed by atoms with E-state index >= 15 is 0 Å². The molecule has 4 nitrogen and oxygen atoms in total. The van der Waals surface area contributed by atoms with Crippen molar-refractivity contribution in [2.45, 2.75) is 51.2 Å². The van der Waals surface area contributed by atoms with Crippen LogP contribution in [-0.2, 0) is 4.74 Å². The van der Waals surface area contributed by atoms with Gasteiger partial charge in [-0.05, 0) is 31.9 Å².